The highest BCUT2D eigenvalue weighted by Gasteiger charge is 2.16. The smallest absolute Gasteiger partial charge is 0.128 e. The van der Waals surface area contributed by atoms with Gasteiger partial charge in [-0.2, -0.15) is 0 Å². The van der Waals surface area contributed by atoms with Gasteiger partial charge >= 0.3 is 0 Å². The lowest BCUT2D eigenvalue weighted by Gasteiger charge is -2.30. The van der Waals surface area contributed by atoms with E-state index < -0.39 is 12.5 Å². The van der Waals surface area contributed by atoms with Gasteiger partial charge in [0.05, 0.1) is 0 Å². The van der Waals surface area contributed by atoms with Gasteiger partial charge in [0.15, 0.2) is 0 Å². The lowest BCUT2D eigenvalue weighted by molar-refractivity contribution is -0.0725. The fraction of sp³-hybridized carbons (Fsp3) is 0.909. The zero-order valence-corrected chi connectivity index (χ0v) is 17.3. The standard InChI is InChI=1S/C22H45NO2/c1-4-7-8-9-10-11-12-13-14-15-16-17-18-19-20-23(21(24)5-2)22(25)6-3/h19-22,24-25H,4-18H2,1-3H3. The third-order valence-corrected chi connectivity index (χ3v) is 4.92. The van der Waals surface area contributed by atoms with Crippen molar-refractivity contribution in [3.05, 3.63) is 12.3 Å². The SMILES string of the molecule is CCCCCCCCCCCCCCC=CN(C(O)CC)C(O)CC. The van der Waals surface area contributed by atoms with Gasteiger partial charge in [-0.25, -0.2) is 0 Å². The summed E-state index contributed by atoms with van der Waals surface area (Å²) in [5.74, 6) is 0. The number of aliphatic hydroxyl groups is 2. The molecule has 0 fully saturated rings. The first-order valence-electron chi connectivity index (χ1n) is 11.0. The molecule has 0 amide bonds. The molecule has 0 saturated carbocycles. The molecule has 0 aromatic rings. The molecule has 0 bridgehead atoms. The Balaban J connectivity index is 3.52. The summed E-state index contributed by atoms with van der Waals surface area (Å²) < 4.78 is 0. The van der Waals surface area contributed by atoms with Crippen LogP contribution in [0.4, 0.5) is 0 Å². The van der Waals surface area contributed by atoms with E-state index >= 15 is 0 Å². The van der Waals surface area contributed by atoms with Gasteiger partial charge in [0.1, 0.15) is 12.5 Å². The van der Waals surface area contributed by atoms with Crippen molar-refractivity contribution in [3.8, 4) is 0 Å². The predicted molar refractivity (Wildman–Crippen MR) is 109 cm³/mol. The number of rotatable bonds is 18. The largest absolute Gasteiger partial charge is 0.374 e. The number of nitrogens with zero attached hydrogens (tertiary/aromatic N) is 1. The van der Waals surface area contributed by atoms with Gasteiger partial charge in [0.25, 0.3) is 0 Å². The maximum absolute atomic E-state index is 9.94. The van der Waals surface area contributed by atoms with E-state index in [-0.39, 0.29) is 0 Å². The molecule has 0 aromatic carbocycles. The van der Waals surface area contributed by atoms with Gasteiger partial charge in [0, 0.05) is 6.20 Å². The zero-order chi connectivity index (χ0) is 18.8. The van der Waals surface area contributed by atoms with Gasteiger partial charge in [-0.1, -0.05) is 97.5 Å². The summed E-state index contributed by atoms with van der Waals surface area (Å²) in [5, 5.41) is 19.9. The van der Waals surface area contributed by atoms with Crippen molar-refractivity contribution in [2.75, 3.05) is 0 Å². The van der Waals surface area contributed by atoms with E-state index in [2.05, 4.69) is 13.0 Å². The Morgan fingerprint density at radius 1 is 0.640 bits per heavy atom. The highest BCUT2D eigenvalue weighted by atomic mass is 16.3. The molecular weight excluding hydrogens is 310 g/mol. The number of aliphatic hydroxyl groups excluding tert-OH is 2. The molecule has 2 N–H and O–H groups in total. The number of hydrogen-bond donors (Lipinski definition) is 2. The van der Waals surface area contributed by atoms with Gasteiger partial charge in [-0.3, -0.25) is 0 Å². The van der Waals surface area contributed by atoms with Gasteiger partial charge in [-0.15, -0.1) is 0 Å². The van der Waals surface area contributed by atoms with Crippen molar-refractivity contribution >= 4 is 0 Å². The van der Waals surface area contributed by atoms with Crippen LogP contribution in [0.1, 0.15) is 117 Å². The molecule has 0 spiro atoms. The molecule has 3 heteroatoms. The fourth-order valence-electron chi connectivity index (χ4n) is 3.12. The lowest BCUT2D eigenvalue weighted by atomic mass is 10.0. The molecule has 150 valence electrons. The van der Waals surface area contributed by atoms with Crippen molar-refractivity contribution in [1.29, 1.82) is 0 Å². The first-order chi connectivity index (χ1) is 12.2. The highest BCUT2D eigenvalue weighted by molar-refractivity contribution is 4.85. The third kappa shape index (κ3) is 14.3. The first kappa shape index (κ1) is 24.5. The Morgan fingerprint density at radius 2 is 1.04 bits per heavy atom. The van der Waals surface area contributed by atoms with E-state index in [9.17, 15) is 10.2 Å². The molecule has 0 radical (unpaired) electrons. The van der Waals surface area contributed by atoms with E-state index in [4.69, 9.17) is 0 Å². The van der Waals surface area contributed by atoms with Crippen molar-refractivity contribution in [3.63, 3.8) is 0 Å². The molecule has 2 unspecified atom stereocenters. The van der Waals surface area contributed by atoms with Gasteiger partial charge in [-0.05, 0) is 25.7 Å². The van der Waals surface area contributed by atoms with Crippen molar-refractivity contribution in [1.82, 2.24) is 4.90 Å². The van der Waals surface area contributed by atoms with Crippen LogP contribution in [0, 0.1) is 0 Å². The summed E-state index contributed by atoms with van der Waals surface area (Å²) >= 11 is 0. The van der Waals surface area contributed by atoms with Crippen molar-refractivity contribution in [2.45, 2.75) is 130 Å². The van der Waals surface area contributed by atoms with Crippen LogP contribution in [-0.4, -0.2) is 27.6 Å². The second kappa shape index (κ2) is 18.3. The normalized spacial score (nSPS) is 14.1. The molecule has 0 aliphatic heterocycles. The summed E-state index contributed by atoms with van der Waals surface area (Å²) in [6.07, 6.45) is 21.5. The fourth-order valence-corrected chi connectivity index (χ4v) is 3.12. The maximum Gasteiger partial charge on any atom is 0.128 e. The Labute approximate surface area is 157 Å². The van der Waals surface area contributed by atoms with Crippen LogP contribution >= 0.6 is 0 Å². The topological polar surface area (TPSA) is 43.7 Å². The van der Waals surface area contributed by atoms with Crippen LogP contribution in [0.3, 0.4) is 0 Å². The van der Waals surface area contributed by atoms with E-state index in [1.165, 1.54) is 77.0 Å². The van der Waals surface area contributed by atoms with Crippen LogP contribution in [0.15, 0.2) is 12.3 Å². The third-order valence-electron chi connectivity index (χ3n) is 4.92. The molecule has 0 aliphatic carbocycles. The van der Waals surface area contributed by atoms with Crippen molar-refractivity contribution in [2.24, 2.45) is 0 Å². The lowest BCUT2D eigenvalue weighted by Crippen LogP contribution is -2.38. The minimum atomic E-state index is -0.590. The van der Waals surface area contributed by atoms with E-state index in [1.807, 2.05) is 20.0 Å². The highest BCUT2D eigenvalue weighted by Crippen LogP contribution is 2.13. The van der Waals surface area contributed by atoms with Crippen molar-refractivity contribution < 1.29 is 10.2 Å². The molecular formula is C22H45NO2. The maximum atomic E-state index is 9.94. The van der Waals surface area contributed by atoms with Gasteiger partial charge < -0.3 is 15.1 Å². The minimum Gasteiger partial charge on any atom is -0.374 e. The quantitative estimate of drug-likeness (QED) is 0.222. The average molecular weight is 356 g/mol. The summed E-state index contributed by atoms with van der Waals surface area (Å²) in [7, 11) is 0. The monoisotopic (exact) mass is 355 g/mol. The molecule has 3 nitrogen and oxygen atoms in total. The van der Waals surface area contributed by atoms with Crippen LogP contribution < -0.4 is 0 Å². The van der Waals surface area contributed by atoms with Crippen LogP contribution in [0.5, 0.6) is 0 Å². The Hall–Kier alpha value is -0.540. The number of unbranched alkanes of at least 4 members (excludes halogenated alkanes) is 12. The van der Waals surface area contributed by atoms with E-state index in [0.29, 0.717) is 12.8 Å². The Bertz CT molecular complexity index is 284. The number of hydrogen-bond acceptors (Lipinski definition) is 3. The van der Waals surface area contributed by atoms with Crippen LogP contribution in [0.2, 0.25) is 0 Å². The molecule has 0 heterocycles. The summed E-state index contributed by atoms with van der Waals surface area (Å²) in [4.78, 5) is 1.67. The Morgan fingerprint density at radius 3 is 1.44 bits per heavy atom. The van der Waals surface area contributed by atoms with E-state index in [1.54, 1.807) is 4.90 Å². The molecule has 0 rings (SSSR count). The molecule has 0 aliphatic rings. The van der Waals surface area contributed by atoms with Gasteiger partial charge in [0.2, 0.25) is 0 Å². The summed E-state index contributed by atoms with van der Waals surface area (Å²) in [5.41, 5.74) is 0. The summed E-state index contributed by atoms with van der Waals surface area (Å²) in [6, 6.07) is 0. The molecule has 0 saturated heterocycles. The second-order valence-electron chi connectivity index (χ2n) is 7.29. The second-order valence-corrected chi connectivity index (χ2v) is 7.29. The molecule has 0 aromatic heterocycles. The first-order valence-corrected chi connectivity index (χ1v) is 11.0. The van der Waals surface area contributed by atoms with Crippen LogP contribution in [0.25, 0.3) is 0 Å². The van der Waals surface area contributed by atoms with E-state index in [0.717, 1.165) is 6.42 Å². The molecule has 2 atom stereocenters. The minimum absolute atomic E-state index is 0.590. The van der Waals surface area contributed by atoms with Crippen LogP contribution in [-0.2, 0) is 0 Å². The predicted octanol–water partition coefficient (Wildman–Crippen LogP) is 6.35. The molecule has 25 heavy (non-hydrogen) atoms. The zero-order valence-electron chi connectivity index (χ0n) is 17.3. The average Bonchev–Trinajstić information content (AvgIpc) is 2.63. The summed E-state index contributed by atoms with van der Waals surface area (Å²) in [6.45, 7) is 6.13. The Kier molecular flexibility index (Phi) is 17.9. The number of allylic oxidation sites excluding steroid dienone is 1.